The van der Waals surface area contributed by atoms with E-state index in [-0.39, 0.29) is 12.4 Å². The summed E-state index contributed by atoms with van der Waals surface area (Å²) in [7, 11) is 1.59. The van der Waals surface area contributed by atoms with E-state index in [2.05, 4.69) is 21.2 Å². The summed E-state index contributed by atoms with van der Waals surface area (Å²) in [5.41, 5.74) is 1.35. The van der Waals surface area contributed by atoms with Gasteiger partial charge >= 0.3 is 0 Å². The van der Waals surface area contributed by atoms with Crippen LogP contribution in [0.4, 0.5) is 10.1 Å². The summed E-state index contributed by atoms with van der Waals surface area (Å²) in [6.45, 7) is 0.281. The quantitative estimate of drug-likeness (QED) is 0.871. The Labute approximate surface area is 125 Å². The van der Waals surface area contributed by atoms with Crippen LogP contribution in [-0.4, -0.2) is 18.8 Å². The van der Waals surface area contributed by atoms with Crippen molar-refractivity contribution in [3.8, 4) is 5.75 Å². The minimum atomic E-state index is -0.782. The molecule has 2 aromatic rings. The van der Waals surface area contributed by atoms with Crippen LogP contribution in [0.5, 0.6) is 5.75 Å². The maximum atomic E-state index is 13.1. The second kappa shape index (κ2) is 6.72. The van der Waals surface area contributed by atoms with Crippen LogP contribution in [-0.2, 0) is 0 Å². The van der Waals surface area contributed by atoms with Gasteiger partial charge in [0.1, 0.15) is 11.6 Å². The third kappa shape index (κ3) is 3.95. The van der Waals surface area contributed by atoms with Crippen LogP contribution in [0.3, 0.4) is 0 Å². The van der Waals surface area contributed by atoms with Gasteiger partial charge in [0.15, 0.2) is 0 Å². The van der Waals surface area contributed by atoms with Crippen LogP contribution < -0.4 is 10.1 Å². The number of aliphatic hydroxyl groups is 1. The van der Waals surface area contributed by atoms with Crippen LogP contribution in [0, 0.1) is 5.82 Å². The topological polar surface area (TPSA) is 41.5 Å². The second-order valence-corrected chi connectivity index (χ2v) is 5.25. The number of methoxy groups -OCH3 is 1. The molecule has 0 saturated carbocycles. The van der Waals surface area contributed by atoms with Gasteiger partial charge in [-0.25, -0.2) is 4.39 Å². The molecule has 0 aromatic heterocycles. The number of aliphatic hydroxyl groups excluding tert-OH is 1. The summed E-state index contributed by atoms with van der Waals surface area (Å²) >= 11 is 3.38. The molecule has 0 saturated heterocycles. The van der Waals surface area contributed by atoms with Crippen molar-refractivity contribution in [3.63, 3.8) is 0 Å². The van der Waals surface area contributed by atoms with Crippen molar-refractivity contribution in [3.05, 3.63) is 58.3 Å². The first-order chi connectivity index (χ1) is 9.58. The lowest BCUT2D eigenvalue weighted by molar-refractivity contribution is 0.191. The number of benzene rings is 2. The van der Waals surface area contributed by atoms with Crippen LogP contribution in [0.25, 0.3) is 0 Å². The molecule has 0 amide bonds. The van der Waals surface area contributed by atoms with Crippen molar-refractivity contribution < 1.29 is 14.2 Å². The lowest BCUT2D eigenvalue weighted by Gasteiger charge is -2.14. The maximum absolute atomic E-state index is 13.1. The highest BCUT2D eigenvalue weighted by Crippen LogP contribution is 2.25. The number of rotatable bonds is 5. The number of hydrogen-bond donors (Lipinski definition) is 2. The summed E-state index contributed by atoms with van der Waals surface area (Å²) in [6, 6.07) is 11.5. The zero-order valence-electron chi connectivity index (χ0n) is 10.9. The van der Waals surface area contributed by atoms with Crippen LogP contribution in [0.15, 0.2) is 46.9 Å². The van der Waals surface area contributed by atoms with E-state index in [9.17, 15) is 9.50 Å². The average Bonchev–Trinajstić information content (AvgIpc) is 2.44. The fourth-order valence-electron chi connectivity index (χ4n) is 1.83. The van der Waals surface area contributed by atoms with Crippen LogP contribution in [0.2, 0.25) is 0 Å². The highest BCUT2D eigenvalue weighted by molar-refractivity contribution is 9.10. The van der Waals surface area contributed by atoms with E-state index in [4.69, 9.17) is 4.74 Å². The second-order valence-electron chi connectivity index (χ2n) is 4.33. The number of hydrogen-bond acceptors (Lipinski definition) is 3. The lowest BCUT2D eigenvalue weighted by Crippen LogP contribution is -2.12. The number of nitrogens with one attached hydrogen (secondary N) is 1. The first-order valence-electron chi connectivity index (χ1n) is 6.10. The lowest BCUT2D eigenvalue weighted by atomic mass is 10.1. The van der Waals surface area contributed by atoms with Crippen molar-refractivity contribution >= 4 is 21.6 Å². The molecule has 2 aromatic carbocycles. The van der Waals surface area contributed by atoms with Gasteiger partial charge < -0.3 is 15.2 Å². The largest absolute Gasteiger partial charge is 0.497 e. The molecule has 0 radical (unpaired) electrons. The molecule has 0 bridgehead atoms. The summed E-state index contributed by atoms with van der Waals surface area (Å²) in [5, 5.41) is 13.1. The Bertz CT molecular complexity index is 592. The smallest absolute Gasteiger partial charge is 0.123 e. The predicted molar refractivity (Wildman–Crippen MR) is 80.5 cm³/mol. The van der Waals surface area contributed by atoms with Crippen molar-refractivity contribution in [2.45, 2.75) is 6.10 Å². The number of anilines is 1. The van der Waals surface area contributed by atoms with E-state index in [1.807, 2.05) is 18.2 Å². The van der Waals surface area contributed by atoms with Crippen LogP contribution in [0.1, 0.15) is 11.7 Å². The Hall–Kier alpha value is -1.59. The monoisotopic (exact) mass is 339 g/mol. The normalized spacial score (nSPS) is 12.0. The summed E-state index contributed by atoms with van der Waals surface area (Å²) in [6.07, 6.45) is -0.782. The number of ether oxygens (including phenoxy) is 1. The van der Waals surface area contributed by atoms with E-state index < -0.39 is 6.10 Å². The molecular weight excluding hydrogens is 325 g/mol. The van der Waals surface area contributed by atoms with Crippen LogP contribution >= 0.6 is 15.9 Å². The molecule has 0 aliphatic heterocycles. The van der Waals surface area contributed by atoms with Crippen molar-refractivity contribution in [1.82, 2.24) is 0 Å². The molecule has 3 nitrogen and oxygen atoms in total. The molecule has 0 heterocycles. The third-order valence-corrected chi connectivity index (χ3v) is 3.30. The van der Waals surface area contributed by atoms with Gasteiger partial charge in [-0.1, -0.05) is 28.1 Å². The average molecular weight is 340 g/mol. The minimum absolute atomic E-state index is 0.281. The summed E-state index contributed by atoms with van der Waals surface area (Å²) in [4.78, 5) is 0. The Balaban J connectivity index is 2.03. The molecule has 0 fully saturated rings. The minimum Gasteiger partial charge on any atom is -0.497 e. The fraction of sp³-hybridized carbons (Fsp3) is 0.200. The molecule has 0 aliphatic carbocycles. The summed E-state index contributed by atoms with van der Waals surface area (Å²) < 4.78 is 19.1. The Morgan fingerprint density at radius 1 is 1.30 bits per heavy atom. The van der Waals surface area contributed by atoms with Crippen molar-refractivity contribution in [2.75, 3.05) is 19.0 Å². The first-order valence-corrected chi connectivity index (χ1v) is 6.90. The van der Waals surface area contributed by atoms with Gasteiger partial charge in [0, 0.05) is 22.8 Å². The Kier molecular flexibility index (Phi) is 4.98. The van der Waals surface area contributed by atoms with Gasteiger partial charge in [-0.05, 0) is 29.8 Å². The SMILES string of the molecule is COc1cc(Br)cc(NCC(O)c2cccc(F)c2)c1. The molecule has 5 heteroatoms. The zero-order chi connectivity index (χ0) is 14.5. The molecule has 2 rings (SSSR count). The Morgan fingerprint density at radius 3 is 2.80 bits per heavy atom. The van der Waals surface area contributed by atoms with Gasteiger partial charge in [-0.15, -0.1) is 0 Å². The molecule has 106 valence electrons. The van der Waals surface area contributed by atoms with E-state index in [1.165, 1.54) is 12.1 Å². The molecule has 0 spiro atoms. The Morgan fingerprint density at radius 2 is 2.10 bits per heavy atom. The van der Waals surface area contributed by atoms with E-state index in [1.54, 1.807) is 19.2 Å². The van der Waals surface area contributed by atoms with Gasteiger partial charge in [0.05, 0.1) is 13.2 Å². The van der Waals surface area contributed by atoms with E-state index >= 15 is 0 Å². The molecule has 1 unspecified atom stereocenters. The standard InChI is InChI=1S/C15H15BrFNO2/c1-20-14-7-11(16)6-13(8-14)18-9-15(19)10-3-2-4-12(17)5-10/h2-8,15,18-19H,9H2,1H3. The molecule has 0 aliphatic rings. The van der Waals surface area contributed by atoms with Gasteiger partial charge in [0.2, 0.25) is 0 Å². The van der Waals surface area contributed by atoms with E-state index in [0.717, 1.165) is 10.2 Å². The molecule has 20 heavy (non-hydrogen) atoms. The highest BCUT2D eigenvalue weighted by Gasteiger charge is 2.08. The molecule has 2 N–H and O–H groups in total. The highest BCUT2D eigenvalue weighted by atomic mass is 79.9. The van der Waals surface area contributed by atoms with Crippen molar-refractivity contribution in [1.29, 1.82) is 0 Å². The van der Waals surface area contributed by atoms with Gasteiger partial charge in [-0.2, -0.15) is 0 Å². The van der Waals surface area contributed by atoms with Gasteiger partial charge in [-0.3, -0.25) is 0 Å². The summed E-state index contributed by atoms with van der Waals surface area (Å²) in [5.74, 6) is 0.354. The van der Waals surface area contributed by atoms with E-state index in [0.29, 0.717) is 11.3 Å². The fourth-order valence-corrected chi connectivity index (χ4v) is 2.30. The van der Waals surface area contributed by atoms with Crippen molar-refractivity contribution in [2.24, 2.45) is 0 Å². The molecule has 1 atom stereocenters. The third-order valence-electron chi connectivity index (χ3n) is 2.84. The molecular formula is C15H15BrFNO2. The predicted octanol–water partition coefficient (Wildman–Crippen LogP) is 3.74. The maximum Gasteiger partial charge on any atom is 0.123 e. The first kappa shape index (κ1) is 14.8. The number of halogens is 2. The van der Waals surface area contributed by atoms with Gasteiger partial charge in [0.25, 0.3) is 0 Å². The zero-order valence-corrected chi connectivity index (χ0v) is 12.5.